The van der Waals surface area contributed by atoms with E-state index in [1.54, 1.807) is 18.0 Å². The lowest BCUT2D eigenvalue weighted by Gasteiger charge is -2.32. The van der Waals surface area contributed by atoms with Crippen molar-refractivity contribution in [1.82, 2.24) is 9.78 Å². The maximum absolute atomic E-state index is 14.1. The summed E-state index contributed by atoms with van der Waals surface area (Å²) in [5.74, 6) is -0.332. The van der Waals surface area contributed by atoms with E-state index in [2.05, 4.69) is 5.10 Å². The topological polar surface area (TPSA) is 45.5 Å². The summed E-state index contributed by atoms with van der Waals surface area (Å²) in [7, 11) is 1.01. The fraction of sp³-hybridized carbons (Fsp3) is 0.562. The number of hydrogen-bond acceptors (Lipinski definition) is 4. The monoisotopic (exact) mass is 320 g/mol. The van der Waals surface area contributed by atoms with E-state index in [1.807, 2.05) is 27.7 Å². The van der Waals surface area contributed by atoms with Crippen LogP contribution in [0, 0.1) is 5.82 Å². The van der Waals surface area contributed by atoms with Crippen LogP contribution in [0.3, 0.4) is 0 Å². The van der Waals surface area contributed by atoms with Gasteiger partial charge in [0.1, 0.15) is 5.82 Å². The van der Waals surface area contributed by atoms with Crippen molar-refractivity contribution in [2.75, 3.05) is 13.7 Å². The van der Waals surface area contributed by atoms with Crippen LogP contribution in [0.15, 0.2) is 18.3 Å². The summed E-state index contributed by atoms with van der Waals surface area (Å²) in [4.78, 5) is 0. The summed E-state index contributed by atoms with van der Waals surface area (Å²) in [6.45, 7) is 8.99. The minimum Gasteiger partial charge on any atom is -0.399 e. The number of aromatic nitrogens is 2. The number of hydrogen-bond donors (Lipinski definition) is 0. The molecule has 3 rings (SSSR count). The highest BCUT2D eigenvalue weighted by atomic mass is 19.1. The smallest absolute Gasteiger partial charge is 0.399 e. The van der Waals surface area contributed by atoms with Crippen molar-refractivity contribution in [1.29, 1.82) is 0 Å². The average Bonchev–Trinajstić information content (AvgIpc) is 2.94. The van der Waals surface area contributed by atoms with Crippen LogP contribution in [0.25, 0.3) is 10.9 Å². The highest BCUT2D eigenvalue weighted by Gasteiger charge is 2.52. The van der Waals surface area contributed by atoms with Crippen molar-refractivity contribution < 1.29 is 18.4 Å². The van der Waals surface area contributed by atoms with Gasteiger partial charge >= 0.3 is 7.12 Å². The van der Waals surface area contributed by atoms with Gasteiger partial charge < -0.3 is 14.0 Å². The molecule has 1 saturated heterocycles. The van der Waals surface area contributed by atoms with Crippen molar-refractivity contribution in [3.63, 3.8) is 0 Å². The molecular formula is C16H22BFN2O3. The molecule has 2 heterocycles. The molecular weight excluding hydrogens is 298 g/mol. The Morgan fingerprint density at radius 1 is 1.22 bits per heavy atom. The zero-order chi connectivity index (χ0) is 16.8. The molecule has 0 aliphatic carbocycles. The van der Waals surface area contributed by atoms with Gasteiger partial charge in [-0.3, -0.25) is 4.68 Å². The summed E-state index contributed by atoms with van der Waals surface area (Å²) in [5.41, 5.74) is 0.444. The average molecular weight is 320 g/mol. The SMILES string of the molecule is COCCn1ncc2c(B3OC(C)(C)C(C)(C)O3)cc(F)cc21. The van der Waals surface area contributed by atoms with Gasteiger partial charge in [0.05, 0.1) is 36.1 Å². The molecule has 1 aliphatic heterocycles. The zero-order valence-corrected chi connectivity index (χ0v) is 14.2. The molecule has 1 aliphatic rings. The van der Waals surface area contributed by atoms with E-state index in [-0.39, 0.29) is 5.82 Å². The molecule has 7 heteroatoms. The standard InChI is InChI=1S/C16H22BFN2O3/c1-15(2)16(3,4)23-17(22-15)13-8-11(18)9-14-12(13)10-19-20(14)6-7-21-5/h8-10H,6-7H2,1-5H3. The molecule has 1 aromatic heterocycles. The first-order valence-corrected chi connectivity index (χ1v) is 7.75. The molecule has 23 heavy (non-hydrogen) atoms. The molecule has 0 spiro atoms. The molecule has 0 amide bonds. The van der Waals surface area contributed by atoms with Crippen LogP contribution in [0.2, 0.25) is 0 Å². The van der Waals surface area contributed by atoms with Gasteiger partial charge in [0.15, 0.2) is 0 Å². The van der Waals surface area contributed by atoms with E-state index in [4.69, 9.17) is 14.0 Å². The third-order valence-electron chi connectivity index (χ3n) is 4.77. The van der Waals surface area contributed by atoms with Crippen LogP contribution in [0.1, 0.15) is 27.7 Å². The molecule has 5 nitrogen and oxygen atoms in total. The first-order chi connectivity index (χ1) is 10.7. The Bertz CT molecular complexity index is 713. The fourth-order valence-corrected chi connectivity index (χ4v) is 2.69. The molecule has 2 aromatic rings. The second kappa shape index (κ2) is 5.58. The third kappa shape index (κ3) is 2.77. The Kier molecular flexibility index (Phi) is 3.98. The van der Waals surface area contributed by atoms with E-state index in [0.29, 0.717) is 24.1 Å². The number of nitrogens with zero attached hydrogens (tertiary/aromatic N) is 2. The Morgan fingerprint density at radius 3 is 2.48 bits per heavy atom. The van der Waals surface area contributed by atoms with Crippen LogP contribution < -0.4 is 5.46 Å². The lowest BCUT2D eigenvalue weighted by molar-refractivity contribution is 0.00578. The third-order valence-corrected chi connectivity index (χ3v) is 4.77. The Labute approximate surface area is 135 Å². The quantitative estimate of drug-likeness (QED) is 0.810. The Balaban J connectivity index is 2.04. The van der Waals surface area contributed by atoms with Gasteiger partial charge in [0, 0.05) is 12.5 Å². The van der Waals surface area contributed by atoms with E-state index < -0.39 is 18.3 Å². The lowest BCUT2D eigenvalue weighted by Crippen LogP contribution is -2.41. The van der Waals surface area contributed by atoms with Crippen LogP contribution in [-0.4, -0.2) is 41.8 Å². The van der Waals surface area contributed by atoms with Crippen molar-refractivity contribution >= 4 is 23.5 Å². The van der Waals surface area contributed by atoms with Gasteiger partial charge in [-0.1, -0.05) is 0 Å². The number of fused-ring (bicyclic) bond motifs is 1. The summed E-state index contributed by atoms with van der Waals surface area (Å²) in [6, 6.07) is 2.94. The van der Waals surface area contributed by atoms with Crippen LogP contribution in [0.4, 0.5) is 4.39 Å². The maximum Gasteiger partial charge on any atom is 0.495 e. The van der Waals surface area contributed by atoms with Crippen molar-refractivity contribution in [3.05, 3.63) is 24.1 Å². The molecule has 0 radical (unpaired) electrons. The Hall–Kier alpha value is -1.44. The van der Waals surface area contributed by atoms with E-state index in [0.717, 1.165) is 5.39 Å². The molecule has 0 unspecified atom stereocenters. The van der Waals surface area contributed by atoms with Crippen LogP contribution in [0.5, 0.6) is 0 Å². The number of methoxy groups -OCH3 is 1. The minimum atomic E-state index is -0.613. The highest BCUT2D eigenvalue weighted by molar-refractivity contribution is 6.65. The second-order valence-corrected chi connectivity index (χ2v) is 6.88. The molecule has 1 fully saturated rings. The van der Waals surface area contributed by atoms with Crippen molar-refractivity contribution in [2.24, 2.45) is 0 Å². The van der Waals surface area contributed by atoms with Crippen LogP contribution >= 0.6 is 0 Å². The molecule has 0 bridgehead atoms. The van der Waals surface area contributed by atoms with E-state index in [1.165, 1.54) is 12.1 Å². The van der Waals surface area contributed by atoms with Gasteiger partial charge in [-0.05, 0) is 45.3 Å². The number of rotatable bonds is 4. The number of ether oxygens (including phenoxy) is 1. The molecule has 124 valence electrons. The minimum absolute atomic E-state index is 0.332. The summed E-state index contributed by atoms with van der Waals surface area (Å²) < 4.78 is 33.0. The van der Waals surface area contributed by atoms with Gasteiger partial charge in [0.2, 0.25) is 0 Å². The van der Waals surface area contributed by atoms with Gasteiger partial charge in [-0.15, -0.1) is 0 Å². The first-order valence-electron chi connectivity index (χ1n) is 7.75. The van der Waals surface area contributed by atoms with Gasteiger partial charge in [-0.2, -0.15) is 5.10 Å². The normalized spacial score (nSPS) is 19.7. The number of halogens is 1. The maximum atomic E-state index is 14.1. The largest absolute Gasteiger partial charge is 0.495 e. The van der Waals surface area contributed by atoms with Crippen LogP contribution in [-0.2, 0) is 20.6 Å². The number of benzene rings is 1. The predicted molar refractivity (Wildman–Crippen MR) is 87.3 cm³/mol. The summed E-state index contributed by atoms with van der Waals surface area (Å²) in [6.07, 6.45) is 1.73. The lowest BCUT2D eigenvalue weighted by atomic mass is 9.77. The zero-order valence-electron chi connectivity index (χ0n) is 14.2. The molecule has 0 atom stereocenters. The van der Waals surface area contributed by atoms with E-state index >= 15 is 0 Å². The Morgan fingerprint density at radius 2 is 1.87 bits per heavy atom. The predicted octanol–water partition coefficient (Wildman–Crippen LogP) is 2.12. The molecule has 0 saturated carbocycles. The van der Waals surface area contributed by atoms with Gasteiger partial charge in [0.25, 0.3) is 0 Å². The van der Waals surface area contributed by atoms with Crippen molar-refractivity contribution in [3.8, 4) is 0 Å². The summed E-state index contributed by atoms with van der Waals surface area (Å²) >= 11 is 0. The fourth-order valence-electron chi connectivity index (χ4n) is 2.69. The molecule has 1 aromatic carbocycles. The van der Waals surface area contributed by atoms with Gasteiger partial charge in [-0.25, -0.2) is 4.39 Å². The first kappa shape index (κ1) is 16.4. The van der Waals surface area contributed by atoms with E-state index in [9.17, 15) is 4.39 Å². The highest BCUT2D eigenvalue weighted by Crippen LogP contribution is 2.37. The van der Waals surface area contributed by atoms with Crippen molar-refractivity contribution in [2.45, 2.75) is 45.4 Å². The summed E-state index contributed by atoms with van der Waals surface area (Å²) in [5, 5.41) is 5.17. The molecule has 0 N–H and O–H groups in total. The second-order valence-electron chi connectivity index (χ2n) is 6.88.